The molecule has 0 bridgehead atoms. The number of thiophene rings is 1. The Labute approximate surface area is 138 Å². The van der Waals surface area contributed by atoms with E-state index in [2.05, 4.69) is 5.32 Å². The van der Waals surface area contributed by atoms with Crippen LogP contribution in [0.3, 0.4) is 0 Å². The highest BCUT2D eigenvalue weighted by atomic mass is 35.5. The molecule has 1 saturated carbocycles. The number of carbonyl (C=O) groups excluding carboxylic acids is 1. The molecule has 3 rings (SSSR count). The molecule has 1 aromatic carbocycles. The molecule has 0 aliphatic heterocycles. The number of amides is 1. The molecule has 1 fully saturated rings. The highest BCUT2D eigenvalue weighted by molar-refractivity contribution is 7.08. The molecule has 0 spiro atoms. The third kappa shape index (κ3) is 3.35. The Kier molecular flexibility index (Phi) is 4.81. The van der Waals surface area contributed by atoms with Gasteiger partial charge < -0.3 is 10.4 Å². The Balaban J connectivity index is 1.83. The number of hydrogen-bond donors (Lipinski definition) is 2. The second-order valence-electron chi connectivity index (χ2n) is 5.65. The van der Waals surface area contributed by atoms with Crippen LogP contribution in [0.15, 0.2) is 41.1 Å². The molecule has 1 aliphatic rings. The summed E-state index contributed by atoms with van der Waals surface area (Å²) < 4.78 is 0. The number of carbonyl (C=O) groups is 1. The van der Waals surface area contributed by atoms with Gasteiger partial charge in [-0.05, 0) is 59.3 Å². The van der Waals surface area contributed by atoms with Crippen LogP contribution in [0.2, 0.25) is 5.02 Å². The zero-order valence-corrected chi connectivity index (χ0v) is 13.6. The zero-order valence-electron chi connectivity index (χ0n) is 12.0. The number of rotatable bonds is 4. The summed E-state index contributed by atoms with van der Waals surface area (Å²) in [6, 6.07) is 9.31. The second kappa shape index (κ2) is 6.82. The van der Waals surface area contributed by atoms with E-state index in [1.807, 2.05) is 41.1 Å². The standard InChI is InChI=1S/C17H18ClNO2S/c18-13-6-4-11(5-7-13)16(12-8-9-22-10-12)19-17(21)14-2-1-3-15(14)20/h4-10,14-16,20H,1-3H2,(H,19,21). The monoisotopic (exact) mass is 335 g/mol. The van der Waals surface area contributed by atoms with Crippen molar-refractivity contribution in [3.63, 3.8) is 0 Å². The van der Waals surface area contributed by atoms with E-state index in [1.165, 1.54) is 0 Å². The first-order valence-corrected chi connectivity index (χ1v) is 8.73. The van der Waals surface area contributed by atoms with Gasteiger partial charge in [0.15, 0.2) is 0 Å². The van der Waals surface area contributed by atoms with Gasteiger partial charge in [-0.25, -0.2) is 0 Å². The third-order valence-electron chi connectivity index (χ3n) is 4.18. The fourth-order valence-corrected chi connectivity index (χ4v) is 3.76. The van der Waals surface area contributed by atoms with Gasteiger partial charge in [0, 0.05) is 5.02 Å². The highest BCUT2D eigenvalue weighted by Gasteiger charge is 2.33. The Bertz CT molecular complexity index is 627. The number of nitrogens with one attached hydrogen (secondary N) is 1. The number of halogens is 1. The lowest BCUT2D eigenvalue weighted by atomic mass is 9.99. The largest absolute Gasteiger partial charge is 0.392 e. The lowest BCUT2D eigenvalue weighted by Gasteiger charge is -2.22. The summed E-state index contributed by atoms with van der Waals surface area (Å²) in [5.41, 5.74) is 2.04. The van der Waals surface area contributed by atoms with Gasteiger partial charge in [-0.3, -0.25) is 4.79 Å². The molecule has 1 aromatic heterocycles. The van der Waals surface area contributed by atoms with E-state index in [0.717, 1.165) is 24.0 Å². The Morgan fingerprint density at radius 2 is 2.00 bits per heavy atom. The average Bonchev–Trinajstić information content (AvgIpc) is 3.17. The molecular weight excluding hydrogens is 318 g/mol. The Morgan fingerprint density at radius 1 is 1.23 bits per heavy atom. The lowest BCUT2D eigenvalue weighted by Crippen LogP contribution is -2.37. The Morgan fingerprint density at radius 3 is 2.59 bits per heavy atom. The molecule has 3 nitrogen and oxygen atoms in total. The van der Waals surface area contributed by atoms with Gasteiger partial charge in [-0.15, -0.1) is 0 Å². The van der Waals surface area contributed by atoms with E-state index in [1.54, 1.807) is 11.3 Å². The van der Waals surface area contributed by atoms with E-state index >= 15 is 0 Å². The second-order valence-corrected chi connectivity index (χ2v) is 6.87. The topological polar surface area (TPSA) is 49.3 Å². The molecule has 2 N–H and O–H groups in total. The van der Waals surface area contributed by atoms with Crippen molar-refractivity contribution in [2.75, 3.05) is 0 Å². The summed E-state index contributed by atoms with van der Waals surface area (Å²) in [6.07, 6.45) is 1.85. The van der Waals surface area contributed by atoms with Crippen molar-refractivity contribution in [1.82, 2.24) is 5.32 Å². The number of benzene rings is 1. The van der Waals surface area contributed by atoms with Crippen LogP contribution in [0, 0.1) is 5.92 Å². The van der Waals surface area contributed by atoms with Crippen LogP contribution in [0.25, 0.3) is 0 Å². The molecule has 3 atom stereocenters. The summed E-state index contributed by atoms with van der Waals surface area (Å²) in [7, 11) is 0. The summed E-state index contributed by atoms with van der Waals surface area (Å²) in [4.78, 5) is 12.5. The van der Waals surface area contributed by atoms with Crippen LogP contribution in [0.1, 0.15) is 36.4 Å². The molecule has 1 amide bonds. The first kappa shape index (κ1) is 15.5. The van der Waals surface area contributed by atoms with Gasteiger partial charge in [0.1, 0.15) is 0 Å². The minimum absolute atomic E-state index is 0.0730. The summed E-state index contributed by atoms with van der Waals surface area (Å²) >= 11 is 7.55. The van der Waals surface area contributed by atoms with Crippen molar-refractivity contribution in [1.29, 1.82) is 0 Å². The van der Waals surface area contributed by atoms with Crippen LogP contribution in [-0.4, -0.2) is 17.1 Å². The van der Waals surface area contributed by atoms with Crippen molar-refractivity contribution in [3.05, 3.63) is 57.2 Å². The van der Waals surface area contributed by atoms with Crippen molar-refractivity contribution < 1.29 is 9.90 Å². The third-order valence-corrected chi connectivity index (χ3v) is 5.14. The van der Waals surface area contributed by atoms with Crippen molar-refractivity contribution >= 4 is 28.8 Å². The molecule has 5 heteroatoms. The van der Waals surface area contributed by atoms with Crippen molar-refractivity contribution in [3.8, 4) is 0 Å². The Hall–Kier alpha value is -1.36. The van der Waals surface area contributed by atoms with Crippen LogP contribution in [0.5, 0.6) is 0 Å². The maximum atomic E-state index is 12.5. The first-order chi connectivity index (χ1) is 10.6. The van der Waals surface area contributed by atoms with Gasteiger partial charge in [0.2, 0.25) is 5.91 Å². The molecule has 116 valence electrons. The molecule has 1 heterocycles. The van der Waals surface area contributed by atoms with Gasteiger partial charge in [0.05, 0.1) is 18.1 Å². The van der Waals surface area contributed by atoms with Crippen LogP contribution in [0.4, 0.5) is 0 Å². The maximum absolute atomic E-state index is 12.5. The molecule has 0 saturated heterocycles. The summed E-state index contributed by atoms with van der Waals surface area (Å²) in [6.45, 7) is 0. The summed E-state index contributed by atoms with van der Waals surface area (Å²) in [5.74, 6) is -0.371. The van der Waals surface area contributed by atoms with Crippen molar-refractivity contribution in [2.24, 2.45) is 5.92 Å². The molecule has 2 aromatic rings. The normalized spacial score (nSPS) is 22.5. The van der Waals surface area contributed by atoms with E-state index in [-0.39, 0.29) is 17.9 Å². The predicted octanol–water partition coefficient (Wildman–Crippen LogP) is 3.77. The number of hydrogen-bond acceptors (Lipinski definition) is 3. The predicted molar refractivity (Wildman–Crippen MR) is 89.1 cm³/mol. The van der Waals surface area contributed by atoms with E-state index in [0.29, 0.717) is 11.4 Å². The van der Waals surface area contributed by atoms with E-state index in [4.69, 9.17) is 11.6 Å². The molecule has 22 heavy (non-hydrogen) atoms. The zero-order chi connectivity index (χ0) is 15.5. The average molecular weight is 336 g/mol. The number of aliphatic hydroxyl groups is 1. The minimum atomic E-state index is -0.520. The molecule has 3 unspecified atom stereocenters. The van der Waals surface area contributed by atoms with E-state index in [9.17, 15) is 9.90 Å². The summed E-state index contributed by atoms with van der Waals surface area (Å²) in [5, 5.41) is 17.7. The van der Waals surface area contributed by atoms with Crippen LogP contribution in [-0.2, 0) is 4.79 Å². The smallest absolute Gasteiger partial charge is 0.226 e. The van der Waals surface area contributed by atoms with Crippen LogP contribution < -0.4 is 5.32 Å². The quantitative estimate of drug-likeness (QED) is 0.893. The maximum Gasteiger partial charge on any atom is 0.226 e. The number of aliphatic hydroxyl groups excluding tert-OH is 1. The van der Waals surface area contributed by atoms with Crippen molar-refractivity contribution in [2.45, 2.75) is 31.4 Å². The minimum Gasteiger partial charge on any atom is -0.392 e. The van der Waals surface area contributed by atoms with Gasteiger partial charge in [-0.2, -0.15) is 11.3 Å². The fourth-order valence-electron chi connectivity index (χ4n) is 2.95. The molecular formula is C17H18ClNO2S. The molecule has 1 aliphatic carbocycles. The van der Waals surface area contributed by atoms with E-state index < -0.39 is 6.10 Å². The highest BCUT2D eigenvalue weighted by Crippen LogP contribution is 2.29. The van der Waals surface area contributed by atoms with Gasteiger partial charge in [0.25, 0.3) is 0 Å². The van der Waals surface area contributed by atoms with Crippen LogP contribution >= 0.6 is 22.9 Å². The lowest BCUT2D eigenvalue weighted by molar-refractivity contribution is -0.128. The fraction of sp³-hybridized carbons (Fsp3) is 0.353. The first-order valence-electron chi connectivity index (χ1n) is 7.41. The van der Waals surface area contributed by atoms with Gasteiger partial charge >= 0.3 is 0 Å². The van der Waals surface area contributed by atoms with Gasteiger partial charge in [-0.1, -0.05) is 23.7 Å². The molecule has 0 radical (unpaired) electrons. The SMILES string of the molecule is O=C(NC(c1ccc(Cl)cc1)c1ccsc1)C1CCCC1O.